The molecule has 3 aromatic carbocycles. The molecule has 77 heavy (non-hydrogen) atoms. The largest absolute Gasteiger partial charge is 0.466 e. The third kappa shape index (κ3) is 11.8. The second kappa shape index (κ2) is 24.4. The van der Waals surface area contributed by atoms with E-state index in [4.69, 9.17) is 34.0 Å². The molecule has 22 heteroatoms. The van der Waals surface area contributed by atoms with Crippen molar-refractivity contribution in [3.63, 3.8) is 0 Å². The molecule has 11 atom stereocenters. The molecule has 2 saturated carbocycles. The average Bonchev–Trinajstić information content (AvgIpc) is 3.40. The monoisotopic (exact) mass is 1100 g/mol. The number of aliphatic hydroxyl groups is 2. The summed E-state index contributed by atoms with van der Waals surface area (Å²) < 4.78 is 36.0. The first-order valence-electron chi connectivity index (χ1n) is 25.1. The maximum atomic E-state index is 15.8. The Morgan fingerprint density at radius 2 is 1.47 bits per heavy atom. The summed E-state index contributed by atoms with van der Waals surface area (Å²) >= 11 is 0. The Balaban J connectivity index is 1.33. The summed E-state index contributed by atoms with van der Waals surface area (Å²) in [6, 6.07) is 22.9. The first-order chi connectivity index (χ1) is 36.6. The van der Waals surface area contributed by atoms with Gasteiger partial charge in [0.15, 0.2) is 17.5 Å². The van der Waals surface area contributed by atoms with Crippen LogP contribution in [0.5, 0.6) is 0 Å². The van der Waals surface area contributed by atoms with Crippen LogP contribution < -0.4 is 5.32 Å². The third-order valence-corrected chi connectivity index (χ3v) is 17.7. The molecule has 3 fully saturated rings. The lowest BCUT2D eigenvalue weighted by molar-refractivity contribution is -0.346. The van der Waals surface area contributed by atoms with Gasteiger partial charge >= 0.3 is 29.8 Å². The molecule has 0 aromatic heterocycles. The number of hydrogen-bond acceptors (Lipinski definition) is 19. The highest BCUT2D eigenvalue weighted by atomic mass is 33.1. The van der Waals surface area contributed by atoms with Crippen LogP contribution in [0.1, 0.15) is 99.5 Å². The van der Waals surface area contributed by atoms with Gasteiger partial charge in [-0.3, -0.25) is 33.6 Å². The summed E-state index contributed by atoms with van der Waals surface area (Å²) in [7, 11) is 2.52. The number of hydrogen-bond donors (Lipinski definition) is 3. The van der Waals surface area contributed by atoms with Gasteiger partial charge in [0.1, 0.15) is 35.6 Å². The first kappa shape index (κ1) is 58.1. The summed E-state index contributed by atoms with van der Waals surface area (Å²) in [5.74, 6) is -9.51. The number of rotatable bonds is 21. The second-order valence-electron chi connectivity index (χ2n) is 20.2. The van der Waals surface area contributed by atoms with E-state index in [1.165, 1.54) is 47.6 Å². The van der Waals surface area contributed by atoms with Gasteiger partial charge in [-0.1, -0.05) is 107 Å². The highest BCUT2D eigenvalue weighted by molar-refractivity contribution is 8.76. The van der Waals surface area contributed by atoms with E-state index in [1.807, 2.05) is 0 Å². The Morgan fingerprint density at radius 3 is 2.05 bits per heavy atom. The van der Waals surface area contributed by atoms with E-state index in [-0.39, 0.29) is 67.0 Å². The van der Waals surface area contributed by atoms with Gasteiger partial charge < -0.3 is 44.0 Å². The number of ether oxygens (including phenoxy) is 6. The van der Waals surface area contributed by atoms with Crippen LogP contribution in [0.25, 0.3) is 10.4 Å². The number of esters is 5. The number of aliphatic hydroxyl groups excluding tert-OH is 1. The van der Waals surface area contributed by atoms with Crippen molar-refractivity contribution in [3.05, 3.63) is 129 Å². The van der Waals surface area contributed by atoms with Crippen molar-refractivity contribution in [2.75, 3.05) is 31.3 Å². The molecule has 1 saturated heterocycles. The minimum atomic E-state index is -2.47. The fourth-order valence-corrected chi connectivity index (χ4v) is 13.4. The van der Waals surface area contributed by atoms with Crippen molar-refractivity contribution in [2.45, 2.75) is 115 Å². The Kier molecular flexibility index (Phi) is 18.4. The number of benzene rings is 3. The standard InChI is InChI=1S/C55H62N4O16S2/c1-31-38(73-51(68)42(37(62)22-26-76-77-27-23-41(64)70-25-24-57-59-56)44(34-16-10-7-11-17-34)58-49(66)35-18-12-8-13-19-35)29-55(69)48(74-50(67)36-20-14-9-15-21-36)46-53(6,39(63)28-40-54(46,30-71-40)75-33(3)61)47(65)45(72-32(2)60)43(31)52(55,4)5/h7-21,38-40,42,44-46,48,63,69H,22-30H2,1-6H3,(H,58,66)/t38-,39-,40+,42-,44+,45+,46-,48-,53+,54-,55+/m0/s1. The van der Waals surface area contributed by atoms with Crippen LogP contribution >= 0.6 is 21.6 Å². The van der Waals surface area contributed by atoms with Gasteiger partial charge in [-0.15, -0.1) is 0 Å². The number of fused-ring (bicyclic) bond motifs is 5. The first-order valence-corrected chi connectivity index (χ1v) is 27.6. The Morgan fingerprint density at radius 1 is 0.857 bits per heavy atom. The molecule has 20 nitrogen and oxygen atoms in total. The topological polar surface area (TPSA) is 293 Å². The van der Waals surface area contributed by atoms with Crippen LogP contribution in [0, 0.1) is 22.7 Å². The zero-order chi connectivity index (χ0) is 55.9. The second-order valence-corrected chi connectivity index (χ2v) is 22.9. The normalized spacial score (nSPS) is 27.7. The number of carbonyl (C=O) groups is 8. The molecule has 0 unspecified atom stereocenters. The van der Waals surface area contributed by atoms with Gasteiger partial charge in [0.25, 0.3) is 5.91 Å². The third-order valence-electron chi connectivity index (χ3n) is 15.3. The summed E-state index contributed by atoms with van der Waals surface area (Å²) in [6.45, 7) is 7.78. The fraction of sp³-hybridized carbons (Fsp3) is 0.491. The van der Waals surface area contributed by atoms with Crippen molar-refractivity contribution in [3.8, 4) is 0 Å². The van der Waals surface area contributed by atoms with Crippen LogP contribution in [-0.4, -0.2) is 131 Å². The van der Waals surface area contributed by atoms with Crippen molar-refractivity contribution in [1.82, 2.24) is 5.32 Å². The minimum Gasteiger partial charge on any atom is -0.466 e. The van der Waals surface area contributed by atoms with Gasteiger partial charge in [0.2, 0.25) is 0 Å². The molecule has 2 bridgehead atoms. The highest BCUT2D eigenvalue weighted by Gasteiger charge is 2.78. The van der Waals surface area contributed by atoms with E-state index in [1.54, 1.807) is 92.7 Å². The summed E-state index contributed by atoms with van der Waals surface area (Å²) in [6.07, 6.45) is -9.12. The number of ketones is 2. The van der Waals surface area contributed by atoms with Crippen LogP contribution in [0.2, 0.25) is 0 Å². The molecule has 0 spiro atoms. The van der Waals surface area contributed by atoms with Crippen molar-refractivity contribution in [2.24, 2.45) is 27.8 Å². The Labute approximate surface area is 452 Å². The maximum absolute atomic E-state index is 15.8. The number of nitrogens with zero attached hydrogens (tertiary/aromatic N) is 3. The Bertz CT molecular complexity index is 2810. The van der Waals surface area contributed by atoms with E-state index in [0.29, 0.717) is 11.3 Å². The smallest absolute Gasteiger partial charge is 0.338 e. The van der Waals surface area contributed by atoms with E-state index >= 15 is 9.59 Å². The number of carbonyl (C=O) groups excluding carboxylic acids is 8. The molecule has 410 valence electrons. The molecule has 1 heterocycles. The molecule has 0 radical (unpaired) electrons. The van der Waals surface area contributed by atoms with Gasteiger partial charge in [0.05, 0.1) is 55.2 Å². The lowest BCUT2D eigenvalue weighted by Gasteiger charge is -2.67. The SMILES string of the molecule is CC(=O)O[C@H]1C(=O)[C@@]2(C)[C@H]([C@H](OC(=O)c3ccccc3)[C@]3(O)C[C@H](OC(=O)[C@@H](C(=O)CCSSCCC(=O)OCCN=[N+]=[N-])[C@H](NC(=O)c4ccccc4)c4ccccc4)C(C)=C1C3(C)C)[C@]1(OC(C)=O)CO[C@@H]1C[C@@H]2O. The molecule has 3 aliphatic carbocycles. The molecule has 1 aliphatic heterocycles. The highest BCUT2D eigenvalue weighted by Crippen LogP contribution is 2.64. The Hall–Kier alpha value is -6.55. The summed E-state index contributed by atoms with van der Waals surface area (Å²) in [4.78, 5) is 116. The summed E-state index contributed by atoms with van der Waals surface area (Å²) in [5, 5.41) is 32.5. The van der Waals surface area contributed by atoms with E-state index in [0.717, 1.165) is 13.8 Å². The van der Waals surface area contributed by atoms with Crippen molar-refractivity contribution in [1.29, 1.82) is 0 Å². The number of Topliss-reactive ketones (excluding diaryl/α,β-unsaturated/α-hetero) is 2. The lowest BCUT2D eigenvalue weighted by Crippen LogP contribution is -2.82. The van der Waals surface area contributed by atoms with Gasteiger partial charge in [-0.2, -0.15) is 0 Å². The molecular weight excluding hydrogens is 1040 g/mol. The number of azide groups is 1. The molecule has 4 aliphatic rings. The van der Waals surface area contributed by atoms with Gasteiger partial charge in [-0.05, 0) is 60.4 Å². The molecule has 3 N–H and O–H groups in total. The molecule has 3 aromatic rings. The van der Waals surface area contributed by atoms with Crippen molar-refractivity contribution >= 4 is 68.9 Å². The molecule has 7 rings (SSSR count). The van der Waals surface area contributed by atoms with E-state index in [9.17, 15) is 39.0 Å². The van der Waals surface area contributed by atoms with Gasteiger partial charge in [-0.25, -0.2) is 4.79 Å². The zero-order valence-electron chi connectivity index (χ0n) is 43.4. The number of nitrogens with one attached hydrogen (secondary N) is 1. The lowest BCUT2D eigenvalue weighted by atomic mass is 9.44. The fourth-order valence-electron chi connectivity index (χ4n) is 11.4. The molecule has 1 amide bonds. The van der Waals surface area contributed by atoms with Crippen molar-refractivity contribution < 1.29 is 77.0 Å². The predicted molar refractivity (Wildman–Crippen MR) is 279 cm³/mol. The van der Waals surface area contributed by atoms with Crippen LogP contribution in [0.15, 0.2) is 107 Å². The van der Waals surface area contributed by atoms with E-state index in [2.05, 4.69) is 15.3 Å². The molecular formula is C55H62N4O16S2. The minimum absolute atomic E-state index is 0.0130. The predicted octanol–water partition coefficient (Wildman–Crippen LogP) is 6.58. The average molecular weight is 1100 g/mol. The van der Waals surface area contributed by atoms with Crippen LogP contribution in [-0.2, 0) is 57.2 Å². The summed E-state index contributed by atoms with van der Waals surface area (Å²) in [5.41, 5.74) is 1.00. The van der Waals surface area contributed by atoms with Gasteiger partial charge in [0, 0.05) is 60.5 Å². The van der Waals surface area contributed by atoms with Crippen LogP contribution in [0.3, 0.4) is 0 Å². The van der Waals surface area contributed by atoms with Crippen LogP contribution in [0.4, 0.5) is 0 Å². The quantitative estimate of drug-likeness (QED) is 0.0117. The maximum Gasteiger partial charge on any atom is 0.338 e. The zero-order valence-corrected chi connectivity index (χ0v) is 45.0. The number of amides is 1. The van der Waals surface area contributed by atoms with E-state index < -0.39 is 124 Å².